The normalized spacial score (nSPS) is 19.4. The van der Waals surface area contributed by atoms with Gasteiger partial charge in [-0.05, 0) is 23.8 Å². The number of aliphatic hydroxyl groups is 1. The molecule has 0 spiro atoms. The predicted molar refractivity (Wildman–Crippen MR) is 51.3 cm³/mol. The summed E-state index contributed by atoms with van der Waals surface area (Å²) in [6, 6.07) is 5.38. The third-order valence-corrected chi connectivity index (χ3v) is 2.17. The van der Waals surface area contributed by atoms with Gasteiger partial charge in [-0.25, -0.2) is 0 Å². The van der Waals surface area contributed by atoms with E-state index >= 15 is 0 Å². The fourth-order valence-electron chi connectivity index (χ4n) is 1.54. The molecule has 74 valence electrons. The minimum atomic E-state index is -0.450. The van der Waals surface area contributed by atoms with E-state index in [4.69, 9.17) is 4.74 Å². The predicted octanol–water partition coefficient (Wildman–Crippen LogP) is 0.551. The lowest BCUT2D eigenvalue weighted by molar-refractivity contribution is -0.105. The summed E-state index contributed by atoms with van der Waals surface area (Å²) in [7, 11) is 0. The van der Waals surface area contributed by atoms with Gasteiger partial charge in [-0.2, -0.15) is 0 Å². The molecule has 4 nitrogen and oxygen atoms in total. The molecule has 1 aliphatic rings. The number of carbonyl (C=O) groups excluding carboxylic acids is 1. The Morgan fingerprint density at radius 2 is 2.43 bits per heavy atom. The number of nitrogens with one attached hydrogen (secondary N) is 1. The zero-order valence-corrected chi connectivity index (χ0v) is 7.56. The van der Waals surface area contributed by atoms with Crippen LogP contribution in [0.15, 0.2) is 18.2 Å². The highest BCUT2D eigenvalue weighted by Crippen LogP contribution is 2.27. The second kappa shape index (κ2) is 3.67. The monoisotopic (exact) mass is 193 g/mol. The van der Waals surface area contributed by atoms with Crippen LogP contribution in [0.2, 0.25) is 0 Å². The molecular formula is C10H11NO3. The number of fused-ring (bicyclic) bond motifs is 1. The van der Waals surface area contributed by atoms with E-state index in [1.807, 2.05) is 6.07 Å². The van der Waals surface area contributed by atoms with E-state index in [1.165, 1.54) is 0 Å². The second-order valence-electron chi connectivity index (χ2n) is 3.25. The molecule has 2 N–H and O–H groups in total. The summed E-state index contributed by atoms with van der Waals surface area (Å²) in [5.74, 6) is 0.784. The summed E-state index contributed by atoms with van der Waals surface area (Å²) < 4.78 is 5.30. The van der Waals surface area contributed by atoms with Crippen LogP contribution in [0.5, 0.6) is 5.75 Å². The first kappa shape index (κ1) is 9.02. The molecule has 0 aliphatic carbocycles. The van der Waals surface area contributed by atoms with Crippen molar-refractivity contribution < 1.29 is 14.6 Å². The molecule has 0 radical (unpaired) electrons. The minimum Gasteiger partial charge on any atom is -0.491 e. The number of aliphatic hydroxyl groups excluding tert-OH is 1. The lowest BCUT2D eigenvalue weighted by Gasteiger charge is -2.21. The van der Waals surface area contributed by atoms with E-state index in [9.17, 15) is 9.90 Å². The van der Waals surface area contributed by atoms with E-state index in [2.05, 4.69) is 5.32 Å². The van der Waals surface area contributed by atoms with Gasteiger partial charge in [-0.3, -0.25) is 4.79 Å². The van der Waals surface area contributed by atoms with Crippen molar-refractivity contribution in [1.82, 2.24) is 0 Å². The van der Waals surface area contributed by atoms with Gasteiger partial charge in [0.15, 0.2) is 0 Å². The SMILES string of the molecule is O=CNc1ccc2c(c1)CC(O)CO2. The van der Waals surface area contributed by atoms with Gasteiger partial charge in [0.05, 0.1) is 6.10 Å². The summed E-state index contributed by atoms with van der Waals surface area (Å²) in [6.07, 6.45) is 0.750. The van der Waals surface area contributed by atoms with Crippen molar-refractivity contribution in [3.63, 3.8) is 0 Å². The molecule has 0 saturated carbocycles. The molecule has 1 atom stereocenters. The number of hydrogen-bond donors (Lipinski definition) is 2. The highest BCUT2D eigenvalue weighted by atomic mass is 16.5. The third-order valence-electron chi connectivity index (χ3n) is 2.17. The molecule has 0 aromatic heterocycles. The number of ether oxygens (including phenoxy) is 1. The van der Waals surface area contributed by atoms with Crippen LogP contribution in [-0.4, -0.2) is 24.2 Å². The minimum absolute atomic E-state index is 0.341. The van der Waals surface area contributed by atoms with E-state index in [-0.39, 0.29) is 0 Å². The summed E-state index contributed by atoms with van der Waals surface area (Å²) in [4.78, 5) is 10.2. The molecule has 14 heavy (non-hydrogen) atoms. The largest absolute Gasteiger partial charge is 0.491 e. The van der Waals surface area contributed by atoms with E-state index in [0.717, 1.165) is 17.0 Å². The first-order valence-corrected chi connectivity index (χ1v) is 4.43. The van der Waals surface area contributed by atoms with Crippen molar-refractivity contribution in [3.8, 4) is 5.75 Å². The summed E-state index contributed by atoms with van der Waals surface area (Å²) in [5, 5.41) is 11.9. The molecule has 1 amide bonds. The Balaban J connectivity index is 2.28. The van der Waals surface area contributed by atoms with Gasteiger partial charge in [0.2, 0.25) is 6.41 Å². The van der Waals surface area contributed by atoms with Crippen molar-refractivity contribution in [2.75, 3.05) is 11.9 Å². The van der Waals surface area contributed by atoms with Crippen LogP contribution >= 0.6 is 0 Å². The quantitative estimate of drug-likeness (QED) is 0.674. The van der Waals surface area contributed by atoms with Crippen molar-refractivity contribution in [2.24, 2.45) is 0 Å². The number of carbonyl (C=O) groups is 1. The fraction of sp³-hybridized carbons (Fsp3) is 0.300. The highest BCUT2D eigenvalue weighted by Gasteiger charge is 2.17. The Morgan fingerprint density at radius 3 is 3.21 bits per heavy atom. The molecule has 0 fully saturated rings. The standard InChI is InChI=1S/C10H11NO3/c12-6-11-8-1-2-10-7(3-8)4-9(13)5-14-10/h1-3,6,9,13H,4-5H2,(H,11,12). The molecule has 4 heteroatoms. The number of benzene rings is 1. The maximum Gasteiger partial charge on any atom is 0.211 e. The van der Waals surface area contributed by atoms with Gasteiger partial charge in [-0.15, -0.1) is 0 Å². The van der Waals surface area contributed by atoms with Crippen molar-refractivity contribution in [2.45, 2.75) is 12.5 Å². The average Bonchev–Trinajstić information content (AvgIpc) is 2.17. The fourth-order valence-corrected chi connectivity index (χ4v) is 1.54. The summed E-state index contributed by atoms with van der Waals surface area (Å²) in [6.45, 7) is 0.341. The molecule has 1 aromatic rings. The highest BCUT2D eigenvalue weighted by molar-refractivity contribution is 5.72. The molecule has 1 heterocycles. The second-order valence-corrected chi connectivity index (χ2v) is 3.25. The number of amides is 1. The average molecular weight is 193 g/mol. The molecule has 0 bridgehead atoms. The van der Waals surface area contributed by atoms with E-state index < -0.39 is 6.10 Å². The van der Waals surface area contributed by atoms with Gasteiger partial charge in [0.1, 0.15) is 12.4 Å². The van der Waals surface area contributed by atoms with Crippen molar-refractivity contribution in [1.29, 1.82) is 0 Å². The van der Waals surface area contributed by atoms with Gasteiger partial charge >= 0.3 is 0 Å². The van der Waals surface area contributed by atoms with E-state index in [0.29, 0.717) is 19.4 Å². The topological polar surface area (TPSA) is 58.6 Å². The first-order chi connectivity index (χ1) is 6.79. The van der Waals surface area contributed by atoms with Crippen LogP contribution in [0, 0.1) is 0 Å². The van der Waals surface area contributed by atoms with Crippen LogP contribution in [0.25, 0.3) is 0 Å². The van der Waals surface area contributed by atoms with Crippen LogP contribution < -0.4 is 10.1 Å². The molecule has 1 aromatic carbocycles. The Bertz CT molecular complexity index is 351. The Labute approximate surface area is 81.5 Å². The van der Waals surface area contributed by atoms with Gasteiger partial charge in [0, 0.05) is 12.1 Å². The molecule has 1 unspecified atom stereocenters. The molecule has 0 saturated heterocycles. The van der Waals surface area contributed by atoms with Crippen LogP contribution in [-0.2, 0) is 11.2 Å². The molecule has 2 rings (SSSR count). The van der Waals surface area contributed by atoms with Gasteiger partial charge in [-0.1, -0.05) is 0 Å². The van der Waals surface area contributed by atoms with Gasteiger partial charge in [0.25, 0.3) is 0 Å². The number of rotatable bonds is 2. The van der Waals surface area contributed by atoms with Crippen LogP contribution in [0.1, 0.15) is 5.56 Å². The van der Waals surface area contributed by atoms with Crippen LogP contribution in [0.4, 0.5) is 5.69 Å². The lowest BCUT2D eigenvalue weighted by Crippen LogP contribution is -2.25. The Hall–Kier alpha value is -1.55. The van der Waals surface area contributed by atoms with E-state index in [1.54, 1.807) is 12.1 Å². The first-order valence-electron chi connectivity index (χ1n) is 4.43. The Morgan fingerprint density at radius 1 is 1.57 bits per heavy atom. The maximum absolute atomic E-state index is 10.2. The summed E-state index contributed by atoms with van der Waals surface area (Å²) >= 11 is 0. The number of anilines is 1. The zero-order valence-electron chi connectivity index (χ0n) is 7.56. The Kier molecular flexibility index (Phi) is 2.37. The smallest absolute Gasteiger partial charge is 0.211 e. The van der Waals surface area contributed by atoms with Crippen LogP contribution in [0.3, 0.4) is 0 Å². The summed E-state index contributed by atoms with van der Waals surface area (Å²) in [5.41, 5.74) is 1.65. The lowest BCUT2D eigenvalue weighted by atomic mass is 10.0. The van der Waals surface area contributed by atoms with Gasteiger partial charge < -0.3 is 15.2 Å². The third kappa shape index (κ3) is 1.70. The zero-order chi connectivity index (χ0) is 9.97. The maximum atomic E-state index is 10.2. The van der Waals surface area contributed by atoms with Crippen molar-refractivity contribution >= 4 is 12.1 Å². The molecule has 1 aliphatic heterocycles. The molecular weight excluding hydrogens is 182 g/mol. The van der Waals surface area contributed by atoms with Crippen molar-refractivity contribution in [3.05, 3.63) is 23.8 Å². The number of hydrogen-bond acceptors (Lipinski definition) is 3.